The van der Waals surface area contributed by atoms with Gasteiger partial charge in [0.1, 0.15) is 0 Å². The molecule has 0 saturated heterocycles. The van der Waals surface area contributed by atoms with Crippen molar-refractivity contribution in [1.29, 1.82) is 0 Å². The van der Waals surface area contributed by atoms with Gasteiger partial charge in [-0.3, -0.25) is 4.99 Å². The molecule has 1 aliphatic rings. The molecular formula is C5H6NO. The Balaban J connectivity index is 2.39. The zero-order chi connectivity index (χ0) is 4.95. The van der Waals surface area contributed by atoms with Crippen molar-refractivity contribution in [2.45, 2.75) is 0 Å². The normalized spacial score (nSPS) is 19.4. The quantitative estimate of drug-likeness (QED) is 0.428. The molecule has 2 nitrogen and oxygen atoms in total. The maximum absolute atomic E-state index is 4.93. The van der Waals surface area contributed by atoms with Crippen LogP contribution in [0.2, 0.25) is 0 Å². The van der Waals surface area contributed by atoms with Gasteiger partial charge in [0.05, 0.1) is 19.4 Å². The molecule has 0 spiro atoms. The van der Waals surface area contributed by atoms with Gasteiger partial charge in [-0.2, -0.15) is 0 Å². The van der Waals surface area contributed by atoms with Crippen molar-refractivity contribution in [2.75, 3.05) is 13.2 Å². The average Bonchev–Trinajstić information content (AvgIpc) is 1.90. The van der Waals surface area contributed by atoms with Gasteiger partial charge in [-0.15, -0.1) is 0 Å². The van der Waals surface area contributed by atoms with E-state index in [2.05, 4.69) is 11.2 Å². The van der Waals surface area contributed by atoms with Crippen LogP contribution in [0.1, 0.15) is 0 Å². The van der Waals surface area contributed by atoms with Gasteiger partial charge in [0.2, 0.25) is 0 Å². The summed E-state index contributed by atoms with van der Waals surface area (Å²) >= 11 is 0. The molecule has 0 aromatic carbocycles. The zero-order valence-corrected chi connectivity index (χ0v) is 3.92. The Labute approximate surface area is 42.5 Å². The van der Waals surface area contributed by atoms with E-state index in [4.69, 9.17) is 4.74 Å². The van der Waals surface area contributed by atoms with E-state index in [1.165, 1.54) is 0 Å². The van der Waals surface area contributed by atoms with Gasteiger partial charge in [-0.1, -0.05) is 0 Å². The van der Waals surface area contributed by atoms with Crippen molar-refractivity contribution >= 4 is 6.21 Å². The van der Waals surface area contributed by atoms with Crippen LogP contribution in [0.4, 0.5) is 0 Å². The summed E-state index contributed by atoms with van der Waals surface area (Å²) in [6.07, 6.45) is 6.10. The van der Waals surface area contributed by atoms with Crippen molar-refractivity contribution in [3.05, 3.63) is 12.3 Å². The van der Waals surface area contributed by atoms with E-state index in [0.29, 0.717) is 13.2 Å². The van der Waals surface area contributed by atoms with Gasteiger partial charge in [0, 0.05) is 6.21 Å². The second kappa shape index (κ2) is 2.53. The van der Waals surface area contributed by atoms with Crippen LogP contribution < -0.4 is 0 Å². The molecule has 0 amide bonds. The van der Waals surface area contributed by atoms with Crippen LogP contribution in [-0.4, -0.2) is 19.4 Å². The Hall–Kier alpha value is -0.630. The lowest BCUT2D eigenvalue weighted by Gasteiger charge is -1.86. The number of nitrogens with zero attached hydrogens (tertiary/aromatic N) is 1. The Kier molecular flexibility index (Phi) is 1.63. The summed E-state index contributed by atoms with van der Waals surface area (Å²) in [6, 6.07) is 0. The summed E-state index contributed by atoms with van der Waals surface area (Å²) in [5.74, 6) is 0. The summed E-state index contributed by atoms with van der Waals surface area (Å²) in [5.41, 5.74) is 0. The number of ether oxygens (including phenoxy) is 1. The highest BCUT2D eigenvalue weighted by Crippen LogP contribution is 1.80. The molecule has 0 aromatic heterocycles. The third kappa shape index (κ3) is 1.50. The van der Waals surface area contributed by atoms with E-state index in [0.717, 1.165) is 0 Å². The third-order valence-corrected chi connectivity index (χ3v) is 0.651. The summed E-state index contributed by atoms with van der Waals surface area (Å²) in [7, 11) is 0. The molecule has 1 aliphatic heterocycles. The van der Waals surface area contributed by atoms with Crippen molar-refractivity contribution in [3.8, 4) is 0 Å². The van der Waals surface area contributed by atoms with Crippen molar-refractivity contribution in [2.24, 2.45) is 4.99 Å². The molecule has 2 heteroatoms. The van der Waals surface area contributed by atoms with Crippen LogP contribution in [0.25, 0.3) is 0 Å². The van der Waals surface area contributed by atoms with Crippen LogP contribution in [0.5, 0.6) is 0 Å². The monoisotopic (exact) mass is 96.0 g/mol. The molecule has 1 rings (SSSR count). The molecule has 0 bridgehead atoms. The van der Waals surface area contributed by atoms with Gasteiger partial charge in [0.15, 0.2) is 0 Å². The van der Waals surface area contributed by atoms with Crippen LogP contribution in [0.15, 0.2) is 11.1 Å². The first kappa shape index (κ1) is 4.53. The lowest BCUT2D eigenvalue weighted by Crippen LogP contribution is -1.91. The van der Waals surface area contributed by atoms with E-state index in [1.807, 2.05) is 0 Å². The van der Waals surface area contributed by atoms with E-state index >= 15 is 0 Å². The fraction of sp³-hybridized carbons (Fsp3) is 0.400. The Bertz CT molecular complexity index is 84.3. The van der Waals surface area contributed by atoms with Crippen molar-refractivity contribution < 1.29 is 4.74 Å². The largest absolute Gasteiger partial charge is 0.372 e. The van der Waals surface area contributed by atoms with E-state index in [1.54, 1.807) is 12.3 Å². The summed E-state index contributed by atoms with van der Waals surface area (Å²) in [4.78, 5) is 3.72. The second-order valence-electron chi connectivity index (χ2n) is 1.18. The maximum Gasteiger partial charge on any atom is 0.0863 e. The molecule has 0 atom stereocenters. The highest BCUT2D eigenvalue weighted by atomic mass is 16.5. The molecule has 0 unspecified atom stereocenters. The SMILES string of the molecule is [C]1=CCOCC=N1. The standard InChI is InChI=1S/C5H6NO/c1-2-6-3-5-7-4-1/h1,3H,4-5H2. The van der Waals surface area contributed by atoms with Crippen LogP contribution >= 0.6 is 0 Å². The molecule has 0 saturated carbocycles. The molecule has 0 fully saturated rings. The minimum atomic E-state index is 0.615. The molecule has 0 N–H and O–H groups in total. The summed E-state index contributed by atoms with van der Waals surface area (Å²) < 4.78 is 4.93. The molecule has 1 heterocycles. The Morgan fingerprint density at radius 1 is 1.57 bits per heavy atom. The summed E-state index contributed by atoms with van der Waals surface area (Å²) in [5, 5.41) is 0. The first-order valence-electron chi connectivity index (χ1n) is 2.16. The first-order valence-corrected chi connectivity index (χ1v) is 2.16. The fourth-order valence-electron chi connectivity index (χ4n) is 0.360. The lowest BCUT2D eigenvalue weighted by molar-refractivity contribution is 0.208. The lowest BCUT2D eigenvalue weighted by atomic mass is 10.7. The maximum atomic E-state index is 4.93. The minimum absolute atomic E-state index is 0.615. The van der Waals surface area contributed by atoms with E-state index in [-0.39, 0.29) is 0 Å². The number of aliphatic imine (C=N–C) groups is 1. The molecular weight excluding hydrogens is 90.1 g/mol. The molecule has 7 heavy (non-hydrogen) atoms. The van der Waals surface area contributed by atoms with Crippen molar-refractivity contribution in [3.63, 3.8) is 0 Å². The van der Waals surface area contributed by atoms with Gasteiger partial charge in [-0.25, -0.2) is 0 Å². The molecule has 37 valence electrons. The molecule has 1 radical (unpaired) electrons. The first-order chi connectivity index (χ1) is 3.50. The summed E-state index contributed by atoms with van der Waals surface area (Å²) in [6.45, 7) is 1.25. The Morgan fingerprint density at radius 2 is 2.57 bits per heavy atom. The van der Waals surface area contributed by atoms with Crippen molar-refractivity contribution in [1.82, 2.24) is 0 Å². The molecule has 0 aromatic rings. The van der Waals surface area contributed by atoms with Gasteiger partial charge < -0.3 is 4.74 Å². The fourth-order valence-corrected chi connectivity index (χ4v) is 0.360. The third-order valence-electron chi connectivity index (χ3n) is 0.651. The number of hydrogen-bond donors (Lipinski definition) is 0. The van der Waals surface area contributed by atoms with Crippen LogP contribution in [0.3, 0.4) is 0 Å². The highest BCUT2D eigenvalue weighted by Gasteiger charge is 1.81. The van der Waals surface area contributed by atoms with E-state index < -0.39 is 0 Å². The minimum Gasteiger partial charge on any atom is -0.372 e. The van der Waals surface area contributed by atoms with Crippen LogP contribution in [0, 0.1) is 6.20 Å². The number of rotatable bonds is 0. The predicted octanol–water partition coefficient (Wildman–Crippen LogP) is 0.404. The predicted molar refractivity (Wildman–Crippen MR) is 27.1 cm³/mol. The highest BCUT2D eigenvalue weighted by molar-refractivity contribution is 5.59. The molecule has 0 aliphatic carbocycles. The average molecular weight is 96.1 g/mol. The number of hydrogen-bond acceptors (Lipinski definition) is 2. The van der Waals surface area contributed by atoms with Crippen LogP contribution in [-0.2, 0) is 4.74 Å². The topological polar surface area (TPSA) is 21.6 Å². The van der Waals surface area contributed by atoms with Gasteiger partial charge >= 0.3 is 0 Å². The zero-order valence-electron chi connectivity index (χ0n) is 3.92. The van der Waals surface area contributed by atoms with E-state index in [9.17, 15) is 0 Å². The second-order valence-corrected chi connectivity index (χ2v) is 1.18. The smallest absolute Gasteiger partial charge is 0.0863 e. The Morgan fingerprint density at radius 3 is 3.57 bits per heavy atom. The van der Waals surface area contributed by atoms with Gasteiger partial charge in [0.25, 0.3) is 0 Å². The van der Waals surface area contributed by atoms with Gasteiger partial charge in [-0.05, 0) is 6.08 Å².